The number of ether oxygens (including phenoxy) is 1. The van der Waals surface area contributed by atoms with Crippen LogP contribution in [0.1, 0.15) is 28.3 Å². The van der Waals surface area contributed by atoms with Gasteiger partial charge in [0.25, 0.3) is 5.78 Å². The average Bonchev–Trinajstić information content (AvgIpc) is 3.37. The van der Waals surface area contributed by atoms with Gasteiger partial charge in [0.2, 0.25) is 0 Å². The number of halogens is 1. The Balaban J connectivity index is 1.72. The highest BCUT2D eigenvalue weighted by atomic mass is 35.5. The smallest absolute Gasteiger partial charge is 0.301 e. The second kappa shape index (κ2) is 8.83. The lowest BCUT2D eigenvalue weighted by molar-refractivity contribution is -0.132. The molecule has 0 bridgehead atoms. The molecule has 2 heterocycles. The van der Waals surface area contributed by atoms with Gasteiger partial charge in [0, 0.05) is 10.6 Å². The van der Waals surface area contributed by atoms with E-state index in [2.05, 4.69) is 4.98 Å². The monoisotopic (exact) mass is 504 g/mol. The van der Waals surface area contributed by atoms with Crippen LogP contribution in [-0.4, -0.2) is 28.9 Å². The first-order valence-corrected chi connectivity index (χ1v) is 12.1. The fraction of sp³-hybridized carbons (Fsp3) is 0.148. The van der Waals surface area contributed by atoms with Crippen LogP contribution in [-0.2, 0) is 9.59 Å². The second-order valence-electron chi connectivity index (χ2n) is 8.37. The molecule has 0 aliphatic carbocycles. The van der Waals surface area contributed by atoms with Crippen LogP contribution in [0.2, 0.25) is 5.02 Å². The van der Waals surface area contributed by atoms with Crippen molar-refractivity contribution in [3.05, 3.63) is 93.5 Å². The molecule has 6 nitrogen and oxygen atoms in total. The van der Waals surface area contributed by atoms with Crippen LogP contribution in [0.3, 0.4) is 0 Å². The van der Waals surface area contributed by atoms with Crippen LogP contribution in [0.4, 0.5) is 5.13 Å². The summed E-state index contributed by atoms with van der Waals surface area (Å²) in [7, 11) is 1.56. The number of aliphatic hydroxyl groups excluding tert-OH is 1. The fourth-order valence-corrected chi connectivity index (χ4v) is 5.51. The lowest BCUT2D eigenvalue weighted by Crippen LogP contribution is -2.29. The SMILES string of the molecule is COc1ccc(C(O)=C2C(=O)C(=O)N(c3nc4ccc(C)cc4s3)C2c2ccc(Cl)cc2)cc1C. The van der Waals surface area contributed by atoms with Gasteiger partial charge in [-0.05, 0) is 73.0 Å². The van der Waals surface area contributed by atoms with Gasteiger partial charge in [-0.25, -0.2) is 4.98 Å². The maximum atomic E-state index is 13.4. The number of aryl methyl sites for hydroxylation is 2. The average molecular weight is 505 g/mol. The predicted molar refractivity (Wildman–Crippen MR) is 138 cm³/mol. The molecule has 0 saturated carbocycles. The van der Waals surface area contributed by atoms with Gasteiger partial charge in [-0.1, -0.05) is 41.1 Å². The van der Waals surface area contributed by atoms with Crippen molar-refractivity contribution >= 4 is 55.7 Å². The van der Waals surface area contributed by atoms with Crippen molar-refractivity contribution in [3.8, 4) is 5.75 Å². The number of benzene rings is 3. The van der Waals surface area contributed by atoms with Crippen molar-refractivity contribution in [3.63, 3.8) is 0 Å². The van der Waals surface area contributed by atoms with Crippen molar-refractivity contribution in [2.24, 2.45) is 0 Å². The number of Topliss-reactive ketones (excluding diaryl/α,β-unsaturated/α-hetero) is 1. The Bertz CT molecular complexity index is 1520. The van der Waals surface area contributed by atoms with Gasteiger partial charge in [0.05, 0.1) is 28.9 Å². The van der Waals surface area contributed by atoms with E-state index in [9.17, 15) is 14.7 Å². The molecule has 0 radical (unpaired) electrons. The molecule has 4 aromatic rings. The molecule has 0 spiro atoms. The Kier molecular flexibility index (Phi) is 5.83. The Hall–Kier alpha value is -3.68. The summed E-state index contributed by atoms with van der Waals surface area (Å²) in [5.41, 5.74) is 3.64. The third-order valence-corrected chi connectivity index (χ3v) is 7.31. The molecule has 3 aromatic carbocycles. The molecule has 1 atom stereocenters. The number of thiazole rings is 1. The Morgan fingerprint density at radius 2 is 1.80 bits per heavy atom. The van der Waals surface area contributed by atoms with Crippen molar-refractivity contribution < 1.29 is 19.4 Å². The van der Waals surface area contributed by atoms with Gasteiger partial charge < -0.3 is 9.84 Å². The number of carbonyl (C=O) groups is 2. The molecule has 1 amide bonds. The van der Waals surface area contributed by atoms with E-state index < -0.39 is 17.7 Å². The second-order valence-corrected chi connectivity index (χ2v) is 9.82. The quantitative estimate of drug-likeness (QED) is 0.203. The number of hydrogen-bond acceptors (Lipinski definition) is 6. The van der Waals surface area contributed by atoms with Crippen LogP contribution in [0.15, 0.2) is 66.2 Å². The third kappa shape index (κ3) is 3.96. The maximum Gasteiger partial charge on any atom is 0.301 e. The predicted octanol–water partition coefficient (Wildman–Crippen LogP) is 6.20. The molecular formula is C27H21ClN2O4S. The van der Waals surface area contributed by atoms with E-state index in [4.69, 9.17) is 16.3 Å². The fourth-order valence-electron chi connectivity index (χ4n) is 4.29. The highest BCUT2D eigenvalue weighted by Gasteiger charge is 2.48. The standard InChI is InChI=1S/C27H21ClN2O4S/c1-14-4-10-19-21(12-14)35-27(29-19)30-23(16-5-8-18(28)9-6-16)22(25(32)26(30)33)24(31)17-7-11-20(34-3)15(2)13-17/h4-13,23,31H,1-3H3. The largest absolute Gasteiger partial charge is 0.507 e. The normalized spacial score (nSPS) is 17.4. The van der Waals surface area contributed by atoms with E-state index in [1.165, 1.54) is 16.2 Å². The van der Waals surface area contributed by atoms with E-state index in [1.54, 1.807) is 49.6 Å². The lowest BCUT2D eigenvalue weighted by Gasteiger charge is -2.23. The summed E-state index contributed by atoms with van der Waals surface area (Å²) in [6.45, 7) is 3.82. The maximum absolute atomic E-state index is 13.4. The van der Waals surface area contributed by atoms with E-state index in [-0.39, 0.29) is 11.3 Å². The molecule has 1 aliphatic rings. The highest BCUT2D eigenvalue weighted by Crippen LogP contribution is 2.44. The van der Waals surface area contributed by atoms with E-state index in [0.29, 0.717) is 27.0 Å². The number of nitrogens with zero attached hydrogens (tertiary/aromatic N) is 2. The number of anilines is 1. The number of aromatic nitrogens is 1. The minimum absolute atomic E-state index is 0.00248. The minimum Gasteiger partial charge on any atom is -0.507 e. The molecule has 1 unspecified atom stereocenters. The summed E-state index contributed by atoms with van der Waals surface area (Å²) in [5.74, 6) is -1.12. The molecule has 1 aromatic heterocycles. The van der Waals surface area contributed by atoms with Crippen LogP contribution in [0.5, 0.6) is 5.75 Å². The third-order valence-electron chi connectivity index (χ3n) is 6.04. The zero-order valence-corrected chi connectivity index (χ0v) is 20.8. The molecule has 176 valence electrons. The van der Waals surface area contributed by atoms with Gasteiger partial charge in [-0.15, -0.1) is 0 Å². The van der Waals surface area contributed by atoms with Crippen molar-refractivity contribution in [2.45, 2.75) is 19.9 Å². The molecule has 1 N–H and O–H groups in total. The number of ketones is 1. The van der Waals surface area contributed by atoms with Crippen LogP contribution in [0, 0.1) is 13.8 Å². The van der Waals surface area contributed by atoms with Gasteiger partial charge in [0.15, 0.2) is 5.13 Å². The first-order chi connectivity index (χ1) is 16.8. The summed E-state index contributed by atoms with van der Waals surface area (Å²) in [4.78, 5) is 32.7. The van der Waals surface area contributed by atoms with Crippen molar-refractivity contribution in [2.75, 3.05) is 12.0 Å². The number of amides is 1. The lowest BCUT2D eigenvalue weighted by atomic mass is 9.95. The molecule has 5 rings (SSSR count). The van der Waals surface area contributed by atoms with Crippen molar-refractivity contribution in [1.82, 2.24) is 4.98 Å². The van der Waals surface area contributed by atoms with Gasteiger partial charge in [0.1, 0.15) is 11.5 Å². The summed E-state index contributed by atoms with van der Waals surface area (Å²) < 4.78 is 6.22. The first-order valence-electron chi connectivity index (χ1n) is 10.9. The number of aliphatic hydroxyl groups is 1. The summed E-state index contributed by atoms with van der Waals surface area (Å²) >= 11 is 7.44. The van der Waals surface area contributed by atoms with Gasteiger partial charge in [-0.2, -0.15) is 0 Å². The van der Waals surface area contributed by atoms with Crippen molar-refractivity contribution in [1.29, 1.82) is 0 Å². The minimum atomic E-state index is -0.865. The number of methoxy groups -OCH3 is 1. The van der Waals surface area contributed by atoms with Crippen LogP contribution in [0.25, 0.3) is 16.0 Å². The molecule has 8 heteroatoms. The number of hydrogen-bond donors (Lipinski definition) is 1. The molecule has 1 saturated heterocycles. The zero-order valence-electron chi connectivity index (χ0n) is 19.2. The molecule has 1 aliphatic heterocycles. The number of rotatable bonds is 4. The number of fused-ring (bicyclic) bond motifs is 1. The van der Waals surface area contributed by atoms with Crippen LogP contribution >= 0.6 is 22.9 Å². The molecule has 35 heavy (non-hydrogen) atoms. The Labute approximate surface area is 211 Å². The van der Waals surface area contributed by atoms with E-state index in [0.717, 1.165) is 21.3 Å². The van der Waals surface area contributed by atoms with Crippen LogP contribution < -0.4 is 9.64 Å². The van der Waals surface area contributed by atoms with E-state index >= 15 is 0 Å². The topological polar surface area (TPSA) is 79.7 Å². The highest BCUT2D eigenvalue weighted by molar-refractivity contribution is 7.22. The summed E-state index contributed by atoms with van der Waals surface area (Å²) in [5, 5.41) is 12.2. The Morgan fingerprint density at radius 1 is 1.06 bits per heavy atom. The molecule has 1 fully saturated rings. The first kappa shape index (κ1) is 23.1. The zero-order chi connectivity index (χ0) is 24.9. The van der Waals surface area contributed by atoms with Gasteiger partial charge in [-0.3, -0.25) is 14.5 Å². The molecular weight excluding hydrogens is 484 g/mol. The van der Waals surface area contributed by atoms with E-state index in [1.807, 2.05) is 32.0 Å². The Morgan fingerprint density at radius 3 is 2.49 bits per heavy atom. The summed E-state index contributed by atoms with van der Waals surface area (Å²) in [6.07, 6.45) is 0. The number of carbonyl (C=O) groups excluding carboxylic acids is 2. The summed E-state index contributed by atoms with van der Waals surface area (Å²) in [6, 6.07) is 16.9. The van der Waals surface area contributed by atoms with Gasteiger partial charge >= 0.3 is 5.91 Å².